The van der Waals surface area contributed by atoms with E-state index in [1.165, 1.54) is 0 Å². The number of ether oxygens (including phenoxy) is 1. The molecule has 3 aromatic rings. The fourth-order valence-electron chi connectivity index (χ4n) is 2.57. The first-order chi connectivity index (χ1) is 12.5. The van der Waals surface area contributed by atoms with Crippen molar-refractivity contribution in [2.24, 2.45) is 0 Å². The molecule has 0 aliphatic rings. The number of amides is 1. The highest BCUT2D eigenvalue weighted by atomic mass is 16.5. The molecule has 0 saturated heterocycles. The number of rotatable bonds is 5. The average Bonchev–Trinajstić information content (AvgIpc) is 3.06. The van der Waals surface area contributed by atoms with Crippen molar-refractivity contribution in [1.29, 1.82) is 0 Å². The molecule has 0 spiro atoms. The van der Waals surface area contributed by atoms with Crippen LogP contribution in [-0.4, -0.2) is 33.5 Å². The van der Waals surface area contributed by atoms with Crippen molar-refractivity contribution in [1.82, 2.24) is 15.0 Å². The molecule has 1 aromatic heterocycles. The molecule has 0 aliphatic carbocycles. The van der Waals surface area contributed by atoms with Gasteiger partial charge in [-0.25, -0.2) is 9.48 Å². The zero-order chi connectivity index (χ0) is 18.7. The van der Waals surface area contributed by atoms with E-state index in [0.29, 0.717) is 28.9 Å². The molecule has 7 heteroatoms. The van der Waals surface area contributed by atoms with Crippen LogP contribution in [0.15, 0.2) is 42.5 Å². The van der Waals surface area contributed by atoms with Crippen LogP contribution in [0.4, 0.5) is 5.69 Å². The Kier molecular flexibility index (Phi) is 4.97. The normalized spacial score (nSPS) is 10.9. The summed E-state index contributed by atoms with van der Waals surface area (Å²) < 4.78 is 6.75. The number of hydrogen-bond donors (Lipinski definition) is 1. The fraction of sp³-hybridized carbons (Fsp3) is 0.263. The summed E-state index contributed by atoms with van der Waals surface area (Å²) in [6.45, 7) is 6.12. The van der Waals surface area contributed by atoms with E-state index in [9.17, 15) is 9.59 Å². The molecule has 134 valence electrons. The molecule has 1 amide bonds. The molecule has 0 radical (unpaired) electrons. The van der Waals surface area contributed by atoms with Crippen LogP contribution in [0.2, 0.25) is 0 Å². The zero-order valence-electron chi connectivity index (χ0n) is 14.9. The molecule has 0 aliphatic heterocycles. The van der Waals surface area contributed by atoms with E-state index in [1.807, 2.05) is 24.6 Å². The van der Waals surface area contributed by atoms with E-state index < -0.39 is 0 Å². The molecule has 26 heavy (non-hydrogen) atoms. The van der Waals surface area contributed by atoms with Gasteiger partial charge in [0.25, 0.3) is 5.91 Å². The van der Waals surface area contributed by atoms with Gasteiger partial charge in [-0.15, -0.1) is 5.10 Å². The van der Waals surface area contributed by atoms with Gasteiger partial charge in [-0.1, -0.05) is 5.21 Å². The minimum Gasteiger partial charge on any atom is -0.462 e. The van der Waals surface area contributed by atoms with E-state index >= 15 is 0 Å². The largest absolute Gasteiger partial charge is 0.462 e. The number of carbonyl (C=O) groups is 2. The summed E-state index contributed by atoms with van der Waals surface area (Å²) in [5.41, 5.74) is 3.08. The number of anilines is 1. The lowest BCUT2D eigenvalue weighted by molar-refractivity contribution is 0.0526. The Morgan fingerprint density at radius 3 is 2.46 bits per heavy atom. The van der Waals surface area contributed by atoms with Crippen LogP contribution in [0.5, 0.6) is 0 Å². The quantitative estimate of drug-likeness (QED) is 0.711. The van der Waals surface area contributed by atoms with Gasteiger partial charge in [-0.3, -0.25) is 4.79 Å². The molecule has 0 atom stereocenters. The molecule has 3 rings (SSSR count). The highest BCUT2D eigenvalue weighted by Crippen LogP contribution is 2.18. The van der Waals surface area contributed by atoms with Crippen LogP contribution in [0.25, 0.3) is 11.0 Å². The lowest BCUT2D eigenvalue weighted by Crippen LogP contribution is -2.12. The predicted molar refractivity (Wildman–Crippen MR) is 98.3 cm³/mol. The van der Waals surface area contributed by atoms with Crippen molar-refractivity contribution in [2.75, 3.05) is 11.9 Å². The second-order valence-electron chi connectivity index (χ2n) is 6.08. The summed E-state index contributed by atoms with van der Waals surface area (Å²) in [6.07, 6.45) is 0. The molecule has 2 aromatic carbocycles. The number of nitrogens with zero attached hydrogens (tertiary/aromatic N) is 3. The number of carbonyl (C=O) groups excluding carboxylic acids is 2. The van der Waals surface area contributed by atoms with Crippen LogP contribution in [0.1, 0.15) is 47.5 Å². The fourth-order valence-corrected chi connectivity index (χ4v) is 2.57. The molecule has 7 nitrogen and oxygen atoms in total. The maximum atomic E-state index is 12.5. The molecule has 1 heterocycles. The van der Waals surface area contributed by atoms with Crippen molar-refractivity contribution in [3.63, 3.8) is 0 Å². The van der Waals surface area contributed by atoms with Gasteiger partial charge >= 0.3 is 5.97 Å². The van der Waals surface area contributed by atoms with Crippen molar-refractivity contribution >= 4 is 28.6 Å². The smallest absolute Gasteiger partial charge is 0.338 e. The lowest BCUT2D eigenvalue weighted by atomic mass is 10.1. The molecule has 0 saturated carbocycles. The number of aromatic nitrogens is 3. The number of fused-ring (bicyclic) bond motifs is 1. The van der Waals surface area contributed by atoms with Crippen molar-refractivity contribution < 1.29 is 14.3 Å². The van der Waals surface area contributed by atoms with E-state index in [1.54, 1.807) is 43.3 Å². The van der Waals surface area contributed by atoms with Crippen molar-refractivity contribution in [2.45, 2.75) is 26.8 Å². The first-order valence-corrected chi connectivity index (χ1v) is 8.43. The van der Waals surface area contributed by atoms with E-state index in [4.69, 9.17) is 4.74 Å². The monoisotopic (exact) mass is 352 g/mol. The summed E-state index contributed by atoms with van der Waals surface area (Å²) in [6, 6.07) is 12.0. The maximum absolute atomic E-state index is 12.5. The number of hydrogen-bond acceptors (Lipinski definition) is 5. The van der Waals surface area contributed by atoms with Gasteiger partial charge in [-0.05, 0) is 63.2 Å². The molecule has 1 N–H and O–H groups in total. The van der Waals surface area contributed by atoms with Crippen LogP contribution in [0, 0.1) is 0 Å². The SMILES string of the molecule is CCOC(=O)c1ccc(NC(=O)c2ccc3c(c2)nnn3C(C)C)cc1. The predicted octanol–water partition coefficient (Wildman–Crippen LogP) is 3.44. The summed E-state index contributed by atoms with van der Waals surface area (Å²) >= 11 is 0. The highest BCUT2D eigenvalue weighted by Gasteiger charge is 2.12. The van der Waals surface area contributed by atoms with Crippen molar-refractivity contribution in [3.05, 3.63) is 53.6 Å². The third-order valence-electron chi connectivity index (χ3n) is 3.88. The van der Waals surface area contributed by atoms with Gasteiger partial charge < -0.3 is 10.1 Å². The maximum Gasteiger partial charge on any atom is 0.338 e. The Morgan fingerprint density at radius 1 is 1.12 bits per heavy atom. The van der Waals surface area contributed by atoms with Gasteiger partial charge in [0.2, 0.25) is 0 Å². The first kappa shape index (κ1) is 17.6. The van der Waals surface area contributed by atoms with Gasteiger partial charge in [0.05, 0.1) is 17.7 Å². The van der Waals surface area contributed by atoms with Crippen molar-refractivity contribution in [3.8, 4) is 0 Å². The summed E-state index contributed by atoms with van der Waals surface area (Å²) in [4.78, 5) is 24.1. The average molecular weight is 352 g/mol. The molecular formula is C19H20N4O3. The number of esters is 1. The Hall–Kier alpha value is -3.22. The summed E-state index contributed by atoms with van der Waals surface area (Å²) in [5.74, 6) is -0.640. The third-order valence-corrected chi connectivity index (χ3v) is 3.88. The summed E-state index contributed by atoms with van der Waals surface area (Å²) in [5, 5.41) is 11.0. The minimum atomic E-state index is -0.385. The van der Waals surface area contributed by atoms with Crippen LogP contribution in [-0.2, 0) is 4.74 Å². The van der Waals surface area contributed by atoms with E-state index in [2.05, 4.69) is 15.6 Å². The second kappa shape index (κ2) is 7.35. The first-order valence-electron chi connectivity index (χ1n) is 8.43. The molecule has 0 fully saturated rings. The molecular weight excluding hydrogens is 332 g/mol. The van der Waals surface area contributed by atoms with Gasteiger partial charge in [-0.2, -0.15) is 0 Å². The zero-order valence-corrected chi connectivity index (χ0v) is 14.9. The van der Waals surface area contributed by atoms with E-state index in [-0.39, 0.29) is 17.9 Å². The number of nitrogens with one attached hydrogen (secondary N) is 1. The molecule has 0 bridgehead atoms. The topological polar surface area (TPSA) is 86.1 Å². The minimum absolute atomic E-state index is 0.192. The lowest BCUT2D eigenvalue weighted by Gasteiger charge is -2.08. The highest BCUT2D eigenvalue weighted by molar-refractivity contribution is 6.06. The Bertz CT molecular complexity index is 945. The Balaban J connectivity index is 1.75. The van der Waals surface area contributed by atoms with Crippen LogP contribution >= 0.6 is 0 Å². The van der Waals surface area contributed by atoms with Crippen LogP contribution < -0.4 is 5.32 Å². The standard InChI is InChI=1S/C19H20N4O3/c1-4-26-19(25)13-5-8-15(9-6-13)20-18(24)14-7-10-17-16(11-14)21-22-23(17)12(2)3/h5-12H,4H2,1-3H3,(H,20,24). The van der Waals surface area contributed by atoms with Gasteiger partial charge in [0.1, 0.15) is 5.52 Å². The van der Waals surface area contributed by atoms with E-state index in [0.717, 1.165) is 5.52 Å². The Morgan fingerprint density at radius 2 is 1.81 bits per heavy atom. The number of benzene rings is 2. The van der Waals surface area contributed by atoms with Gasteiger partial charge in [0.15, 0.2) is 0 Å². The molecule has 0 unspecified atom stereocenters. The Labute approximate surface area is 151 Å². The van der Waals surface area contributed by atoms with Gasteiger partial charge in [0, 0.05) is 17.3 Å². The second-order valence-corrected chi connectivity index (χ2v) is 6.08. The van der Waals surface area contributed by atoms with Crippen LogP contribution in [0.3, 0.4) is 0 Å². The third kappa shape index (κ3) is 3.56. The summed E-state index contributed by atoms with van der Waals surface area (Å²) in [7, 11) is 0.